The zero-order valence-electron chi connectivity index (χ0n) is 5.40. The minimum absolute atomic E-state index is 0.0879. The molecule has 0 fully saturated rings. The summed E-state index contributed by atoms with van der Waals surface area (Å²) in [6.07, 6.45) is -1.97. The Hall–Kier alpha value is -0.220. The first-order chi connectivity index (χ1) is 3.98. The number of rotatable bonds is 3. The first kappa shape index (κ1) is 8.78. The molecule has 1 atom stereocenters. The summed E-state index contributed by atoms with van der Waals surface area (Å²) in [4.78, 5) is 0. The van der Waals surface area contributed by atoms with Gasteiger partial charge in [0.25, 0.3) is 5.92 Å². The molecule has 1 unspecified atom stereocenters. The predicted octanol–water partition coefficient (Wildman–Crippen LogP) is 0.997. The van der Waals surface area contributed by atoms with E-state index >= 15 is 0 Å². The minimum atomic E-state index is -3.16. The van der Waals surface area contributed by atoms with Crippen molar-refractivity contribution in [1.29, 1.82) is 0 Å². The summed E-state index contributed by atoms with van der Waals surface area (Å²) < 4.78 is 28.1. The summed E-state index contributed by atoms with van der Waals surface area (Å²) in [7, 11) is 0. The lowest BCUT2D eigenvalue weighted by atomic mass is 10.4. The van der Waals surface area contributed by atoms with Crippen LogP contribution in [0.5, 0.6) is 0 Å². The van der Waals surface area contributed by atoms with E-state index in [-0.39, 0.29) is 6.61 Å². The van der Waals surface area contributed by atoms with Gasteiger partial charge in [0, 0.05) is 13.5 Å². The number of ether oxygens (including phenoxy) is 1. The van der Waals surface area contributed by atoms with Gasteiger partial charge in [-0.1, -0.05) is 0 Å². The van der Waals surface area contributed by atoms with E-state index in [0.29, 0.717) is 6.92 Å². The van der Waals surface area contributed by atoms with Crippen molar-refractivity contribution in [3.8, 4) is 0 Å². The molecule has 1 N–H and O–H groups in total. The molecule has 9 heavy (non-hydrogen) atoms. The first-order valence-corrected chi connectivity index (χ1v) is 2.66. The molecular weight excluding hydrogens is 130 g/mol. The van der Waals surface area contributed by atoms with E-state index in [1.165, 1.54) is 6.92 Å². The van der Waals surface area contributed by atoms with Crippen LogP contribution in [-0.4, -0.2) is 23.9 Å². The molecule has 4 heteroatoms. The second-order valence-corrected chi connectivity index (χ2v) is 1.76. The van der Waals surface area contributed by atoms with Gasteiger partial charge in [0.05, 0.1) is 0 Å². The highest BCUT2D eigenvalue weighted by molar-refractivity contribution is 4.60. The summed E-state index contributed by atoms with van der Waals surface area (Å²) in [5.74, 6) is -3.16. The van der Waals surface area contributed by atoms with Gasteiger partial charge >= 0.3 is 0 Å². The van der Waals surface area contributed by atoms with Crippen molar-refractivity contribution in [3.05, 3.63) is 0 Å². The average Bonchev–Trinajstić information content (AvgIpc) is 1.64. The maximum absolute atomic E-state index is 11.9. The predicted molar refractivity (Wildman–Crippen MR) is 28.3 cm³/mol. The Balaban J connectivity index is 3.59. The fourth-order valence-electron chi connectivity index (χ4n) is 0.304. The Morgan fingerprint density at radius 2 is 2.11 bits per heavy atom. The van der Waals surface area contributed by atoms with Gasteiger partial charge in [-0.25, -0.2) is 8.78 Å². The van der Waals surface area contributed by atoms with Gasteiger partial charge in [0.2, 0.25) is 6.29 Å². The lowest BCUT2D eigenvalue weighted by Gasteiger charge is -2.16. The van der Waals surface area contributed by atoms with Crippen LogP contribution < -0.4 is 0 Å². The average molecular weight is 140 g/mol. The number of halogens is 2. The third-order valence-corrected chi connectivity index (χ3v) is 0.758. The highest BCUT2D eigenvalue weighted by Crippen LogP contribution is 2.17. The van der Waals surface area contributed by atoms with Crippen molar-refractivity contribution in [2.75, 3.05) is 6.61 Å². The van der Waals surface area contributed by atoms with Crippen molar-refractivity contribution < 1.29 is 18.6 Å². The SMILES string of the molecule is CCOC(O)C(C)(F)F. The molecule has 0 aromatic heterocycles. The van der Waals surface area contributed by atoms with Gasteiger partial charge in [-0.3, -0.25) is 0 Å². The van der Waals surface area contributed by atoms with Gasteiger partial charge in [-0.15, -0.1) is 0 Å². The zero-order chi connectivity index (χ0) is 7.49. The van der Waals surface area contributed by atoms with Gasteiger partial charge < -0.3 is 9.84 Å². The van der Waals surface area contributed by atoms with E-state index in [4.69, 9.17) is 5.11 Å². The number of hydrogen-bond acceptors (Lipinski definition) is 2. The van der Waals surface area contributed by atoms with Crippen LogP contribution >= 0.6 is 0 Å². The number of aliphatic hydroxyl groups is 1. The van der Waals surface area contributed by atoms with E-state index in [0.717, 1.165) is 0 Å². The van der Waals surface area contributed by atoms with Crippen LogP contribution in [0.25, 0.3) is 0 Å². The molecule has 0 aliphatic rings. The molecular formula is C5H10F2O2. The van der Waals surface area contributed by atoms with Crippen LogP contribution in [0.4, 0.5) is 8.78 Å². The lowest BCUT2D eigenvalue weighted by molar-refractivity contribution is -0.223. The quantitative estimate of drug-likeness (QED) is 0.592. The van der Waals surface area contributed by atoms with E-state index in [9.17, 15) is 8.78 Å². The summed E-state index contributed by atoms with van der Waals surface area (Å²) >= 11 is 0. The molecule has 0 spiro atoms. The largest absolute Gasteiger partial charge is 0.363 e. The summed E-state index contributed by atoms with van der Waals surface area (Å²) in [6.45, 7) is 2.23. The maximum atomic E-state index is 11.9. The Morgan fingerprint density at radius 1 is 1.67 bits per heavy atom. The van der Waals surface area contributed by atoms with Gasteiger partial charge in [-0.05, 0) is 6.92 Å². The van der Waals surface area contributed by atoms with Gasteiger partial charge in [-0.2, -0.15) is 0 Å². The van der Waals surface area contributed by atoms with Gasteiger partial charge in [0.15, 0.2) is 0 Å². The van der Waals surface area contributed by atoms with E-state index in [1.54, 1.807) is 0 Å². The Bertz CT molecular complexity index is 79.5. The van der Waals surface area contributed by atoms with Crippen LogP contribution in [-0.2, 0) is 4.74 Å². The molecule has 0 radical (unpaired) electrons. The van der Waals surface area contributed by atoms with Crippen LogP contribution in [0.1, 0.15) is 13.8 Å². The van der Waals surface area contributed by atoms with Crippen LogP contribution in [0.15, 0.2) is 0 Å². The van der Waals surface area contributed by atoms with Crippen molar-refractivity contribution in [3.63, 3.8) is 0 Å². The summed E-state index contributed by atoms with van der Waals surface area (Å²) in [6, 6.07) is 0. The van der Waals surface area contributed by atoms with Crippen molar-refractivity contribution in [1.82, 2.24) is 0 Å². The molecule has 0 heterocycles. The van der Waals surface area contributed by atoms with Crippen LogP contribution in [0.2, 0.25) is 0 Å². The summed E-state index contributed by atoms with van der Waals surface area (Å²) in [5, 5.41) is 8.41. The zero-order valence-corrected chi connectivity index (χ0v) is 5.40. The maximum Gasteiger partial charge on any atom is 0.295 e. The monoisotopic (exact) mass is 140 g/mol. The third-order valence-electron chi connectivity index (χ3n) is 0.758. The molecule has 0 saturated carbocycles. The van der Waals surface area contributed by atoms with E-state index in [2.05, 4.69) is 4.74 Å². The van der Waals surface area contributed by atoms with Crippen LogP contribution in [0.3, 0.4) is 0 Å². The Morgan fingerprint density at radius 3 is 2.22 bits per heavy atom. The van der Waals surface area contributed by atoms with E-state index in [1.807, 2.05) is 0 Å². The highest BCUT2D eigenvalue weighted by Gasteiger charge is 2.32. The molecule has 0 amide bonds. The fourth-order valence-corrected chi connectivity index (χ4v) is 0.304. The minimum Gasteiger partial charge on any atom is -0.363 e. The van der Waals surface area contributed by atoms with E-state index < -0.39 is 12.2 Å². The molecule has 0 rings (SSSR count). The first-order valence-electron chi connectivity index (χ1n) is 2.66. The molecule has 0 saturated heterocycles. The van der Waals surface area contributed by atoms with Crippen molar-refractivity contribution in [2.45, 2.75) is 26.1 Å². The third kappa shape index (κ3) is 3.37. The fraction of sp³-hybridized carbons (Fsp3) is 1.00. The molecule has 0 aromatic carbocycles. The highest BCUT2D eigenvalue weighted by atomic mass is 19.3. The summed E-state index contributed by atoms with van der Waals surface area (Å²) in [5.41, 5.74) is 0. The van der Waals surface area contributed by atoms with Crippen LogP contribution in [0, 0.1) is 0 Å². The second-order valence-electron chi connectivity index (χ2n) is 1.76. The topological polar surface area (TPSA) is 29.5 Å². The molecule has 56 valence electrons. The smallest absolute Gasteiger partial charge is 0.295 e. The molecule has 2 nitrogen and oxygen atoms in total. The standard InChI is InChI=1S/C5H10F2O2/c1-3-9-4(8)5(2,6)7/h4,8H,3H2,1-2H3. The van der Waals surface area contributed by atoms with Crippen molar-refractivity contribution >= 4 is 0 Å². The Kier molecular flexibility index (Phi) is 3.00. The second kappa shape index (κ2) is 3.08. The number of aliphatic hydroxyl groups excluding tert-OH is 1. The van der Waals surface area contributed by atoms with Crippen molar-refractivity contribution in [2.24, 2.45) is 0 Å². The molecule has 0 aliphatic heterocycles. The normalized spacial score (nSPS) is 15.7. The molecule has 0 bridgehead atoms. The number of alkyl halides is 2. The number of hydrogen-bond donors (Lipinski definition) is 1. The molecule has 0 aliphatic carbocycles. The lowest BCUT2D eigenvalue weighted by Crippen LogP contribution is -2.32. The van der Waals surface area contributed by atoms with Gasteiger partial charge in [0.1, 0.15) is 0 Å². The Labute approximate surface area is 52.4 Å². The molecule has 0 aromatic rings.